The average Bonchev–Trinajstić information content (AvgIpc) is 3.23. The predicted octanol–water partition coefficient (Wildman–Crippen LogP) is 4.91. The largest absolute Gasteiger partial charge is 0.493 e. The van der Waals surface area contributed by atoms with E-state index in [0.717, 1.165) is 24.2 Å². The van der Waals surface area contributed by atoms with Gasteiger partial charge < -0.3 is 19.3 Å². The molecule has 0 radical (unpaired) electrons. The average molecular weight is 399 g/mol. The maximum absolute atomic E-state index is 13.4. The lowest BCUT2D eigenvalue weighted by molar-refractivity contribution is 0.288. The van der Waals surface area contributed by atoms with Gasteiger partial charge in [0.1, 0.15) is 5.82 Å². The van der Waals surface area contributed by atoms with Gasteiger partial charge in [-0.1, -0.05) is 36.7 Å². The van der Waals surface area contributed by atoms with Crippen LogP contribution in [0.25, 0.3) is 11.4 Å². The summed E-state index contributed by atoms with van der Waals surface area (Å²) in [6, 6.07) is 11.8. The standard InChI is InChI=1S/C22H26FN3O3/c1-4-5-11-28-19-10-9-16(12-20(19)27-3)14-24-15(2)22-25-21(26-29-22)17-7-6-8-18(23)13-17/h6-10,12-13,15,24H,4-5,11,14H2,1-3H3. The Kier molecular flexibility index (Phi) is 7.19. The molecule has 0 fully saturated rings. The maximum atomic E-state index is 13.4. The SMILES string of the molecule is CCCCOc1ccc(CNC(C)c2nc(-c3cccc(F)c3)no2)cc1OC. The molecule has 0 aliphatic rings. The summed E-state index contributed by atoms with van der Waals surface area (Å²) in [5.74, 6) is 1.92. The van der Waals surface area contributed by atoms with Crippen molar-refractivity contribution in [1.82, 2.24) is 15.5 Å². The lowest BCUT2D eigenvalue weighted by Crippen LogP contribution is -2.18. The van der Waals surface area contributed by atoms with Crippen LogP contribution in [0.3, 0.4) is 0 Å². The molecule has 1 atom stereocenters. The first-order chi connectivity index (χ1) is 14.1. The maximum Gasteiger partial charge on any atom is 0.243 e. The van der Waals surface area contributed by atoms with Crippen LogP contribution in [0.1, 0.15) is 44.2 Å². The van der Waals surface area contributed by atoms with Crippen LogP contribution in [0.15, 0.2) is 47.0 Å². The van der Waals surface area contributed by atoms with Crippen molar-refractivity contribution in [3.63, 3.8) is 0 Å². The summed E-state index contributed by atoms with van der Waals surface area (Å²) in [5.41, 5.74) is 1.62. The molecule has 3 aromatic rings. The Hall–Kier alpha value is -2.93. The molecule has 6 nitrogen and oxygen atoms in total. The number of unbranched alkanes of at least 4 members (excludes halogenated alkanes) is 1. The third-order valence-corrected chi connectivity index (χ3v) is 4.49. The van der Waals surface area contributed by atoms with Crippen LogP contribution in [-0.4, -0.2) is 23.9 Å². The summed E-state index contributed by atoms with van der Waals surface area (Å²) in [7, 11) is 1.63. The molecule has 1 heterocycles. The minimum absolute atomic E-state index is 0.170. The molecule has 1 N–H and O–H groups in total. The number of nitrogens with zero attached hydrogens (tertiary/aromatic N) is 2. The summed E-state index contributed by atoms with van der Waals surface area (Å²) in [6.45, 7) is 5.32. The summed E-state index contributed by atoms with van der Waals surface area (Å²) >= 11 is 0. The molecule has 0 bridgehead atoms. The van der Waals surface area contributed by atoms with E-state index in [1.54, 1.807) is 19.2 Å². The quantitative estimate of drug-likeness (QED) is 0.488. The van der Waals surface area contributed by atoms with Crippen LogP contribution in [-0.2, 0) is 6.54 Å². The van der Waals surface area contributed by atoms with Gasteiger partial charge in [-0.05, 0) is 43.2 Å². The molecule has 1 aromatic heterocycles. The van der Waals surface area contributed by atoms with E-state index in [1.165, 1.54) is 12.1 Å². The van der Waals surface area contributed by atoms with Crippen LogP contribution in [0.4, 0.5) is 4.39 Å². The smallest absolute Gasteiger partial charge is 0.243 e. The van der Waals surface area contributed by atoms with Gasteiger partial charge in [0.05, 0.1) is 19.8 Å². The lowest BCUT2D eigenvalue weighted by atomic mass is 10.2. The van der Waals surface area contributed by atoms with Crippen molar-refractivity contribution in [2.24, 2.45) is 0 Å². The van der Waals surface area contributed by atoms with Crippen molar-refractivity contribution < 1.29 is 18.4 Å². The molecule has 0 saturated heterocycles. The van der Waals surface area contributed by atoms with E-state index in [9.17, 15) is 4.39 Å². The van der Waals surface area contributed by atoms with Crippen LogP contribution in [0, 0.1) is 5.82 Å². The Morgan fingerprint density at radius 2 is 2.03 bits per heavy atom. The molecule has 0 aliphatic heterocycles. The van der Waals surface area contributed by atoms with E-state index in [-0.39, 0.29) is 11.9 Å². The molecule has 0 spiro atoms. The van der Waals surface area contributed by atoms with Gasteiger partial charge in [-0.3, -0.25) is 0 Å². The Morgan fingerprint density at radius 3 is 2.79 bits per heavy atom. The van der Waals surface area contributed by atoms with Crippen molar-refractivity contribution in [3.8, 4) is 22.9 Å². The number of halogens is 1. The first kappa shape index (κ1) is 20.8. The molecule has 0 saturated carbocycles. The number of nitrogens with one attached hydrogen (secondary N) is 1. The van der Waals surface area contributed by atoms with Gasteiger partial charge in [-0.2, -0.15) is 4.98 Å². The van der Waals surface area contributed by atoms with E-state index >= 15 is 0 Å². The summed E-state index contributed by atoms with van der Waals surface area (Å²) < 4.78 is 29.9. The molecule has 154 valence electrons. The van der Waals surface area contributed by atoms with Gasteiger partial charge in [0.15, 0.2) is 11.5 Å². The number of aromatic nitrogens is 2. The number of ether oxygens (including phenoxy) is 2. The Morgan fingerprint density at radius 1 is 1.17 bits per heavy atom. The van der Waals surface area contributed by atoms with Gasteiger partial charge in [0.25, 0.3) is 0 Å². The van der Waals surface area contributed by atoms with Gasteiger partial charge >= 0.3 is 0 Å². The van der Waals surface area contributed by atoms with Gasteiger partial charge in [-0.15, -0.1) is 0 Å². The van der Waals surface area contributed by atoms with E-state index in [1.807, 2.05) is 25.1 Å². The number of methoxy groups -OCH3 is 1. The zero-order valence-electron chi connectivity index (χ0n) is 16.9. The highest BCUT2D eigenvalue weighted by Gasteiger charge is 2.16. The molecule has 1 unspecified atom stereocenters. The van der Waals surface area contributed by atoms with Gasteiger partial charge in [0.2, 0.25) is 11.7 Å². The number of rotatable bonds is 10. The Balaban J connectivity index is 1.61. The number of benzene rings is 2. The second-order valence-corrected chi connectivity index (χ2v) is 6.76. The van der Waals surface area contributed by atoms with Crippen molar-refractivity contribution in [3.05, 3.63) is 59.7 Å². The Labute approximate surface area is 170 Å². The Bertz CT molecular complexity index is 929. The molecule has 29 heavy (non-hydrogen) atoms. The van der Waals surface area contributed by atoms with E-state index < -0.39 is 0 Å². The predicted molar refractivity (Wildman–Crippen MR) is 108 cm³/mol. The monoisotopic (exact) mass is 399 g/mol. The van der Waals surface area contributed by atoms with Gasteiger partial charge in [0, 0.05) is 12.1 Å². The minimum atomic E-state index is -0.337. The van der Waals surface area contributed by atoms with Crippen molar-refractivity contribution in [2.75, 3.05) is 13.7 Å². The first-order valence-electron chi connectivity index (χ1n) is 9.73. The molecule has 7 heteroatoms. The number of hydrogen-bond acceptors (Lipinski definition) is 6. The fourth-order valence-corrected chi connectivity index (χ4v) is 2.78. The first-order valence-corrected chi connectivity index (χ1v) is 9.73. The van der Waals surface area contributed by atoms with Crippen LogP contribution in [0.2, 0.25) is 0 Å². The summed E-state index contributed by atoms with van der Waals surface area (Å²) in [6.07, 6.45) is 2.09. The lowest BCUT2D eigenvalue weighted by Gasteiger charge is -2.13. The second-order valence-electron chi connectivity index (χ2n) is 6.76. The fraction of sp³-hybridized carbons (Fsp3) is 0.364. The van der Waals surface area contributed by atoms with E-state index in [0.29, 0.717) is 36.2 Å². The third kappa shape index (κ3) is 5.54. The molecule has 2 aromatic carbocycles. The van der Waals surface area contributed by atoms with E-state index in [2.05, 4.69) is 22.4 Å². The normalized spacial score (nSPS) is 12.0. The molecule has 3 rings (SSSR count). The van der Waals surface area contributed by atoms with Crippen molar-refractivity contribution in [1.29, 1.82) is 0 Å². The van der Waals surface area contributed by atoms with E-state index in [4.69, 9.17) is 14.0 Å². The summed E-state index contributed by atoms with van der Waals surface area (Å²) in [5, 5.41) is 7.30. The third-order valence-electron chi connectivity index (χ3n) is 4.49. The molecule has 0 aliphatic carbocycles. The number of hydrogen-bond donors (Lipinski definition) is 1. The highest BCUT2D eigenvalue weighted by molar-refractivity contribution is 5.53. The minimum Gasteiger partial charge on any atom is -0.493 e. The highest BCUT2D eigenvalue weighted by Crippen LogP contribution is 2.28. The van der Waals surface area contributed by atoms with Crippen LogP contribution in [0.5, 0.6) is 11.5 Å². The summed E-state index contributed by atoms with van der Waals surface area (Å²) in [4.78, 5) is 4.37. The zero-order chi connectivity index (χ0) is 20.6. The van der Waals surface area contributed by atoms with Crippen LogP contribution < -0.4 is 14.8 Å². The van der Waals surface area contributed by atoms with Crippen molar-refractivity contribution in [2.45, 2.75) is 39.3 Å². The van der Waals surface area contributed by atoms with Crippen molar-refractivity contribution >= 4 is 0 Å². The molecule has 0 amide bonds. The van der Waals surface area contributed by atoms with Gasteiger partial charge in [-0.25, -0.2) is 4.39 Å². The second kappa shape index (κ2) is 10.0. The fourth-order valence-electron chi connectivity index (χ4n) is 2.78. The molecular formula is C22H26FN3O3. The molecular weight excluding hydrogens is 373 g/mol. The highest BCUT2D eigenvalue weighted by atomic mass is 19.1. The topological polar surface area (TPSA) is 69.4 Å². The zero-order valence-corrected chi connectivity index (χ0v) is 16.9. The van der Waals surface area contributed by atoms with Crippen LogP contribution >= 0.6 is 0 Å².